The SMILES string of the molecule is CC(=O)N1CCn2nc(-c3ccc(F)cc3)c(-c3ccnc(NC(=O)C4(c5ccc(F)cc5)CC4)c3)c2C1. The Morgan fingerprint density at radius 3 is 2.26 bits per heavy atom. The number of hydrogen-bond acceptors (Lipinski definition) is 4. The standard InChI is InChI=1S/C29H25F2N5O2/c1-18(37)35-14-15-36-24(17-35)26(27(34-36)19-2-6-22(30)7-3-19)20-10-13-32-25(16-20)33-28(38)29(11-12-29)21-4-8-23(31)9-5-21/h2-10,13,16H,11-12,14-15,17H2,1H3,(H,32,33,38). The zero-order valence-corrected chi connectivity index (χ0v) is 20.7. The third-order valence-corrected chi connectivity index (χ3v) is 7.41. The maximum absolute atomic E-state index is 13.7. The van der Waals surface area contributed by atoms with E-state index in [-0.39, 0.29) is 23.4 Å². The zero-order chi connectivity index (χ0) is 26.4. The number of carbonyl (C=O) groups excluding carboxylic acids is 2. The summed E-state index contributed by atoms with van der Waals surface area (Å²) >= 11 is 0. The van der Waals surface area contributed by atoms with Crippen LogP contribution >= 0.6 is 0 Å². The van der Waals surface area contributed by atoms with Gasteiger partial charge in [-0.2, -0.15) is 5.10 Å². The Morgan fingerprint density at radius 2 is 1.61 bits per heavy atom. The molecular formula is C29H25F2N5O2. The maximum atomic E-state index is 13.7. The minimum Gasteiger partial charge on any atom is -0.335 e. The van der Waals surface area contributed by atoms with Crippen LogP contribution < -0.4 is 5.32 Å². The summed E-state index contributed by atoms with van der Waals surface area (Å²) in [7, 11) is 0. The molecule has 2 aliphatic rings. The van der Waals surface area contributed by atoms with Crippen molar-refractivity contribution in [2.45, 2.75) is 38.3 Å². The molecule has 38 heavy (non-hydrogen) atoms. The lowest BCUT2D eigenvalue weighted by molar-refractivity contribution is -0.130. The van der Waals surface area contributed by atoms with Gasteiger partial charge in [-0.05, 0) is 72.5 Å². The van der Waals surface area contributed by atoms with Gasteiger partial charge in [0.15, 0.2) is 0 Å². The molecule has 1 N–H and O–H groups in total. The number of hydrogen-bond donors (Lipinski definition) is 1. The number of benzene rings is 2. The first-order chi connectivity index (χ1) is 18.3. The van der Waals surface area contributed by atoms with Crippen molar-refractivity contribution in [3.05, 3.63) is 89.8 Å². The van der Waals surface area contributed by atoms with E-state index in [9.17, 15) is 18.4 Å². The van der Waals surface area contributed by atoms with Gasteiger partial charge in [0.05, 0.1) is 24.2 Å². The van der Waals surface area contributed by atoms with Crippen molar-refractivity contribution in [3.8, 4) is 22.4 Å². The van der Waals surface area contributed by atoms with Crippen LogP contribution in [-0.2, 0) is 28.1 Å². The van der Waals surface area contributed by atoms with Crippen LogP contribution in [0.1, 0.15) is 31.0 Å². The van der Waals surface area contributed by atoms with E-state index in [1.54, 1.807) is 48.4 Å². The Labute approximate surface area is 218 Å². The smallest absolute Gasteiger partial charge is 0.236 e. The molecule has 1 aliphatic heterocycles. The minimum atomic E-state index is -0.691. The van der Waals surface area contributed by atoms with Gasteiger partial charge in [0.25, 0.3) is 0 Å². The molecule has 1 fully saturated rings. The van der Waals surface area contributed by atoms with Crippen LogP contribution in [0.2, 0.25) is 0 Å². The Morgan fingerprint density at radius 1 is 0.921 bits per heavy atom. The summed E-state index contributed by atoms with van der Waals surface area (Å²) in [6.45, 7) is 3.02. The van der Waals surface area contributed by atoms with Crippen LogP contribution in [0.15, 0.2) is 66.9 Å². The second kappa shape index (κ2) is 9.16. The number of anilines is 1. The summed E-state index contributed by atoms with van der Waals surface area (Å²) in [5.74, 6) is -0.516. The molecule has 0 saturated heterocycles. The highest BCUT2D eigenvalue weighted by atomic mass is 19.1. The van der Waals surface area contributed by atoms with Gasteiger partial charge >= 0.3 is 0 Å². The molecule has 3 heterocycles. The quantitative estimate of drug-likeness (QED) is 0.411. The second-order valence-electron chi connectivity index (χ2n) is 9.81. The van der Waals surface area contributed by atoms with Gasteiger partial charge in [-0.15, -0.1) is 0 Å². The highest BCUT2D eigenvalue weighted by molar-refractivity contribution is 6.01. The van der Waals surface area contributed by atoms with Crippen molar-refractivity contribution < 1.29 is 18.4 Å². The fourth-order valence-electron chi connectivity index (χ4n) is 5.13. The van der Waals surface area contributed by atoms with E-state index in [0.717, 1.165) is 27.9 Å². The summed E-state index contributed by atoms with van der Waals surface area (Å²) in [6.07, 6.45) is 2.97. The van der Waals surface area contributed by atoms with Gasteiger partial charge in [-0.25, -0.2) is 13.8 Å². The third kappa shape index (κ3) is 4.23. The number of nitrogens with zero attached hydrogens (tertiary/aromatic N) is 4. The van der Waals surface area contributed by atoms with E-state index in [1.165, 1.54) is 24.3 Å². The molecule has 0 unspecified atom stereocenters. The van der Waals surface area contributed by atoms with Crippen molar-refractivity contribution in [2.75, 3.05) is 11.9 Å². The first-order valence-electron chi connectivity index (χ1n) is 12.5. The molecule has 1 saturated carbocycles. The lowest BCUT2D eigenvalue weighted by Crippen LogP contribution is -2.37. The number of nitrogens with one attached hydrogen (secondary N) is 1. The van der Waals surface area contributed by atoms with Crippen LogP contribution in [-0.4, -0.2) is 38.0 Å². The fourth-order valence-corrected chi connectivity index (χ4v) is 5.13. The molecule has 0 spiro atoms. The average molecular weight is 514 g/mol. The topological polar surface area (TPSA) is 80.1 Å². The Hall–Kier alpha value is -4.40. The van der Waals surface area contributed by atoms with Gasteiger partial charge in [-0.1, -0.05) is 12.1 Å². The first kappa shape index (κ1) is 24.0. The van der Waals surface area contributed by atoms with Gasteiger partial charge in [0, 0.05) is 30.8 Å². The van der Waals surface area contributed by atoms with E-state index < -0.39 is 5.41 Å². The van der Waals surface area contributed by atoms with Crippen LogP contribution in [0.25, 0.3) is 22.4 Å². The lowest BCUT2D eigenvalue weighted by atomic mass is 9.95. The number of fused-ring (bicyclic) bond motifs is 1. The molecule has 2 aromatic heterocycles. The Kier molecular flexibility index (Phi) is 5.78. The maximum Gasteiger partial charge on any atom is 0.236 e. The van der Waals surface area contributed by atoms with Crippen LogP contribution in [0, 0.1) is 11.6 Å². The molecule has 7 nitrogen and oxygen atoms in total. The van der Waals surface area contributed by atoms with Crippen LogP contribution in [0.3, 0.4) is 0 Å². The van der Waals surface area contributed by atoms with E-state index in [2.05, 4.69) is 10.3 Å². The molecule has 0 bridgehead atoms. The average Bonchev–Trinajstić information content (AvgIpc) is 3.64. The molecule has 192 valence electrons. The van der Waals surface area contributed by atoms with E-state index in [4.69, 9.17) is 5.10 Å². The molecule has 2 amide bonds. The predicted molar refractivity (Wildman–Crippen MR) is 138 cm³/mol. The summed E-state index contributed by atoms with van der Waals surface area (Å²) in [4.78, 5) is 31.6. The number of amides is 2. The molecule has 0 radical (unpaired) electrons. The van der Waals surface area contributed by atoms with Gasteiger partial charge in [-0.3, -0.25) is 14.3 Å². The monoisotopic (exact) mass is 513 g/mol. The highest BCUT2D eigenvalue weighted by Crippen LogP contribution is 2.49. The Bertz CT molecular complexity index is 1540. The molecule has 9 heteroatoms. The second-order valence-corrected chi connectivity index (χ2v) is 9.81. The zero-order valence-electron chi connectivity index (χ0n) is 20.7. The molecule has 1 aliphatic carbocycles. The van der Waals surface area contributed by atoms with Crippen molar-refractivity contribution in [1.29, 1.82) is 0 Å². The van der Waals surface area contributed by atoms with Crippen LogP contribution in [0.5, 0.6) is 0 Å². The molecular weight excluding hydrogens is 488 g/mol. The lowest BCUT2D eigenvalue weighted by Gasteiger charge is -2.27. The minimum absolute atomic E-state index is 0.0232. The molecule has 0 atom stereocenters. The fraction of sp³-hybridized carbons (Fsp3) is 0.241. The highest BCUT2D eigenvalue weighted by Gasteiger charge is 2.51. The van der Waals surface area contributed by atoms with E-state index in [0.29, 0.717) is 44.0 Å². The van der Waals surface area contributed by atoms with Crippen molar-refractivity contribution in [2.24, 2.45) is 0 Å². The Balaban J connectivity index is 1.37. The van der Waals surface area contributed by atoms with E-state index >= 15 is 0 Å². The van der Waals surface area contributed by atoms with Crippen molar-refractivity contribution in [1.82, 2.24) is 19.7 Å². The summed E-state index contributed by atoms with van der Waals surface area (Å²) in [5, 5.41) is 7.77. The number of carbonyl (C=O) groups is 2. The number of pyridine rings is 1. The largest absolute Gasteiger partial charge is 0.335 e. The van der Waals surface area contributed by atoms with E-state index in [1.807, 2.05) is 10.7 Å². The summed E-state index contributed by atoms with van der Waals surface area (Å²) in [5.41, 5.74) is 3.93. The van der Waals surface area contributed by atoms with Crippen LogP contribution in [0.4, 0.5) is 14.6 Å². The molecule has 4 aromatic rings. The summed E-state index contributed by atoms with van der Waals surface area (Å²) in [6, 6.07) is 15.8. The van der Waals surface area contributed by atoms with Crippen molar-refractivity contribution in [3.63, 3.8) is 0 Å². The number of aromatic nitrogens is 3. The summed E-state index contributed by atoms with van der Waals surface area (Å²) < 4.78 is 29.0. The van der Waals surface area contributed by atoms with Gasteiger partial charge < -0.3 is 10.2 Å². The first-order valence-corrected chi connectivity index (χ1v) is 12.5. The normalized spacial score (nSPS) is 15.6. The van der Waals surface area contributed by atoms with Crippen molar-refractivity contribution >= 4 is 17.6 Å². The van der Waals surface area contributed by atoms with Gasteiger partial charge in [0.1, 0.15) is 23.1 Å². The van der Waals surface area contributed by atoms with Gasteiger partial charge in [0.2, 0.25) is 11.8 Å². The number of halogens is 2. The predicted octanol–water partition coefficient (Wildman–Crippen LogP) is 4.92. The number of rotatable bonds is 5. The molecule has 6 rings (SSSR count). The molecule has 2 aromatic carbocycles. The third-order valence-electron chi connectivity index (χ3n) is 7.41.